The highest BCUT2D eigenvalue weighted by Gasteiger charge is 2.21. The van der Waals surface area contributed by atoms with E-state index in [0.717, 1.165) is 49.3 Å². The van der Waals surface area contributed by atoms with Crippen LogP contribution < -0.4 is 0 Å². The number of hydrogen-bond acceptors (Lipinski definition) is 5. The Balaban J connectivity index is 0.00000316. The Labute approximate surface area is 266 Å². The Kier molecular flexibility index (Phi) is 18.5. The number of aliphatic imine (C=N–C) groups is 1. The van der Waals surface area contributed by atoms with Crippen molar-refractivity contribution in [3.63, 3.8) is 0 Å². The second-order valence-electron chi connectivity index (χ2n) is 10.0. The van der Waals surface area contributed by atoms with Crippen LogP contribution in [0.3, 0.4) is 0 Å². The number of rotatable bonds is 15. The van der Waals surface area contributed by atoms with Gasteiger partial charge in [-0.15, -0.1) is 0 Å². The van der Waals surface area contributed by atoms with Gasteiger partial charge in [-0.3, -0.25) is 4.90 Å². The van der Waals surface area contributed by atoms with Gasteiger partial charge in [-0.05, 0) is 48.4 Å². The number of hydrogen-bond donors (Lipinski definition) is 1. The van der Waals surface area contributed by atoms with Crippen LogP contribution in [0.1, 0.15) is 70.2 Å². The number of aliphatic carboxylic acids is 1. The lowest BCUT2D eigenvalue weighted by Gasteiger charge is -2.24. The number of allylic oxidation sites excluding steroid dienone is 2. The summed E-state index contributed by atoms with van der Waals surface area (Å²) < 4.78 is 5.61. The van der Waals surface area contributed by atoms with E-state index in [9.17, 15) is 9.90 Å². The van der Waals surface area contributed by atoms with Crippen LogP contribution in [0, 0.1) is 0 Å². The first kappa shape index (κ1) is 37.9. The summed E-state index contributed by atoms with van der Waals surface area (Å²) in [4.78, 5) is 20.9. The maximum absolute atomic E-state index is 11.9. The van der Waals surface area contributed by atoms with Gasteiger partial charge < -0.3 is 14.7 Å². The van der Waals surface area contributed by atoms with Crippen LogP contribution in [0.2, 0.25) is 0 Å². The van der Waals surface area contributed by atoms with Crippen molar-refractivity contribution in [1.29, 1.82) is 0 Å². The molecule has 0 amide bonds. The van der Waals surface area contributed by atoms with E-state index in [1.54, 1.807) is 12.0 Å². The van der Waals surface area contributed by atoms with Gasteiger partial charge in [0.2, 0.25) is 5.90 Å². The molecule has 6 nitrogen and oxygen atoms in total. The zero-order chi connectivity index (χ0) is 31.5. The Morgan fingerprint density at radius 2 is 1.45 bits per heavy atom. The average Bonchev–Trinajstić information content (AvgIpc) is 3.05. The summed E-state index contributed by atoms with van der Waals surface area (Å²) in [5.41, 5.74) is 5.37. The highest BCUT2D eigenvalue weighted by Crippen LogP contribution is 2.17. The SMILES string of the molecule is C.C/C=C(\CCN(Cc1ccccc1)Cc1ccc(CC(C(=O)O)N(C)/C=C\CC)cc1)N=C(OC)c1ccccc1.CC. The molecular weight excluding hydrogens is 546 g/mol. The summed E-state index contributed by atoms with van der Waals surface area (Å²) >= 11 is 0. The Morgan fingerprint density at radius 1 is 0.909 bits per heavy atom. The molecule has 0 saturated carbocycles. The van der Waals surface area contributed by atoms with E-state index >= 15 is 0 Å². The smallest absolute Gasteiger partial charge is 0.326 e. The number of benzene rings is 3. The van der Waals surface area contributed by atoms with Crippen molar-refractivity contribution in [3.05, 3.63) is 131 Å². The molecule has 1 unspecified atom stereocenters. The lowest BCUT2D eigenvalue weighted by atomic mass is 10.0. The third-order valence-electron chi connectivity index (χ3n) is 6.94. The molecule has 1 atom stereocenters. The van der Waals surface area contributed by atoms with Crippen molar-refractivity contribution in [3.8, 4) is 0 Å². The molecule has 0 aromatic heterocycles. The summed E-state index contributed by atoms with van der Waals surface area (Å²) in [6.45, 7) is 10.5. The maximum Gasteiger partial charge on any atom is 0.326 e. The van der Waals surface area contributed by atoms with Crippen molar-refractivity contribution in [2.24, 2.45) is 4.99 Å². The standard InChI is InChI=1S/C35H43N3O3.C2H6.CH4/c1-5-7-23-37(3)33(35(39)40)25-28-18-20-30(21-19-28)27-38(26-29-14-10-8-11-15-29)24-22-32(6-2)36-34(41-4)31-16-12-9-13-17-31;1-2;/h6-21,23,33H,5,22,24-27H2,1-4H3,(H,39,40);1-2H3;1H4/b23-7-,32-6+,36-34?;;. The van der Waals surface area contributed by atoms with E-state index in [2.05, 4.69) is 53.4 Å². The molecule has 0 aliphatic rings. The fourth-order valence-corrected chi connectivity index (χ4v) is 4.58. The molecule has 0 aliphatic heterocycles. The molecule has 0 saturated heterocycles. The minimum absolute atomic E-state index is 0. The molecule has 6 heteroatoms. The van der Waals surface area contributed by atoms with E-state index < -0.39 is 12.0 Å². The molecule has 0 fully saturated rings. The third kappa shape index (κ3) is 13.0. The Morgan fingerprint density at radius 3 is 1.98 bits per heavy atom. The summed E-state index contributed by atoms with van der Waals surface area (Å²) in [6.07, 6.45) is 7.96. The minimum atomic E-state index is -0.822. The summed E-state index contributed by atoms with van der Waals surface area (Å²) in [5, 5.41) is 9.77. The van der Waals surface area contributed by atoms with E-state index in [1.165, 1.54) is 11.1 Å². The van der Waals surface area contributed by atoms with Crippen molar-refractivity contribution in [2.45, 2.75) is 73.5 Å². The van der Waals surface area contributed by atoms with Crippen LogP contribution in [0.25, 0.3) is 0 Å². The Hall–Kier alpha value is -4.16. The van der Waals surface area contributed by atoms with E-state index in [-0.39, 0.29) is 7.43 Å². The molecule has 0 spiro atoms. The van der Waals surface area contributed by atoms with Crippen molar-refractivity contribution in [1.82, 2.24) is 9.80 Å². The second kappa shape index (κ2) is 21.5. The zero-order valence-electron chi connectivity index (χ0n) is 26.7. The summed E-state index contributed by atoms with van der Waals surface area (Å²) in [6, 6.07) is 28.1. The molecule has 238 valence electrons. The molecule has 44 heavy (non-hydrogen) atoms. The van der Waals surface area contributed by atoms with Crippen LogP contribution in [-0.2, 0) is 29.0 Å². The van der Waals surface area contributed by atoms with E-state index in [1.807, 2.05) is 89.5 Å². The van der Waals surface area contributed by atoms with Crippen LogP contribution >= 0.6 is 0 Å². The molecule has 3 aromatic rings. The zero-order valence-corrected chi connectivity index (χ0v) is 26.7. The lowest BCUT2D eigenvalue weighted by Crippen LogP contribution is -2.36. The van der Waals surface area contributed by atoms with Gasteiger partial charge in [-0.1, -0.05) is 113 Å². The second-order valence-corrected chi connectivity index (χ2v) is 10.0. The highest BCUT2D eigenvalue weighted by atomic mass is 16.5. The number of likely N-dealkylation sites (N-methyl/N-ethyl adjacent to an activating group) is 1. The molecule has 0 aliphatic carbocycles. The number of methoxy groups -OCH3 is 1. The van der Waals surface area contributed by atoms with Gasteiger partial charge in [0.15, 0.2) is 0 Å². The fraction of sp³-hybridized carbons (Fsp3) is 0.368. The summed E-state index contributed by atoms with van der Waals surface area (Å²) in [5.74, 6) is -0.211. The van der Waals surface area contributed by atoms with Crippen LogP contribution in [0.4, 0.5) is 0 Å². The minimum Gasteiger partial charge on any atom is -0.481 e. The van der Waals surface area contributed by atoms with Crippen LogP contribution in [-0.4, -0.2) is 53.5 Å². The van der Waals surface area contributed by atoms with Crippen LogP contribution in [0.5, 0.6) is 0 Å². The predicted molar refractivity (Wildman–Crippen MR) is 186 cm³/mol. The quantitative estimate of drug-likeness (QED) is 0.140. The average molecular weight is 600 g/mol. The number of carboxylic acid groups (broad SMARTS) is 1. The van der Waals surface area contributed by atoms with E-state index in [4.69, 9.17) is 9.73 Å². The monoisotopic (exact) mass is 599 g/mol. The van der Waals surface area contributed by atoms with Crippen molar-refractivity contribution < 1.29 is 14.6 Å². The van der Waals surface area contributed by atoms with Gasteiger partial charge in [0, 0.05) is 50.8 Å². The first-order valence-corrected chi connectivity index (χ1v) is 15.2. The number of ether oxygens (including phenoxy) is 1. The topological polar surface area (TPSA) is 65.4 Å². The van der Waals surface area contributed by atoms with Gasteiger partial charge in [0.25, 0.3) is 0 Å². The number of carboxylic acids is 1. The predicted octanol–water partition coefficient (Wildman–Crippen LogP) is 8.59. The Bertz CT molecular complexity index is 1290. The van der Waals surface area contributed by atoms with Gasteiger partial charge >= 0.3 is 5.97 Å². The normalized spacial score (nSPS) is 12.2. The van der Waals surface area contributed by atoms with Gasteiger partial charge in [-0.2, -0.15) is 0 Å². The maximum atomic E-state index is 11.9. The number of carbonyl (C=O) groups is 1. The molecule has 3 rings (SSSR count). The van der Waals surface area contributed by atoms with Crippen molar-refractivity contribution in [2.75, 3.05) is 20.7 Å². The molecule has 0 bridgehead atoms. The van der Waals surface area contributed by atoms with Crippen molar-refractivity contribution >= 4 is 11.9 Å². The molecular formula is C38H53N3O3. The summed E-state index contributed by atoms with van der Waals surface area (Å²) in [7, 11) is 3.47. The van der Waals surface area contributed by atoms with Gasteiger partial charge in [0.05, 0.1) is 7.11 Å². The third-order valence-corrected chi connectivity index (χ3v) is 6.94. The first-order chi connectivity index (χ1) is 20.9. The largest absolute Gasteiger partial charge is 0.481 e. The first-order valence-electron chi connectivity index (χ1n) is 15.2. The van der Waals surface area contributed by atoms with Gasteiger partial charge in [0.1, 0.15) is 6.04 Å². The van der Waals surface area contributed by atoms with Gasteiger partial charge in [-0.25, -0.2) is 9.79 Å². The molecule has 1 N–H and O–H groups in total. The molecule has 3 aromatic carbocycles. The lowest BCUT2D eigenvalue weighted by molar-refractivity contribution is -0.141. The van der Waals surface area contributed by atoms with E-state index in [0.29, 0.717) is 12.3 Å². The molecule has 0 heterocycles. The molecule has 0 radical (unpaired) electrons. The van der Waals surface area contributed by atoms with Crippen LogP contribution in [0.15, 0.2) is 114 Å². The highest BCUT2D eigenvalue weighted by molar-refractivity contribution is 5.94. The number of nitrogens with zero attached hydrogens (tertiary/aromatic N) is 3. The fourth-order valence-electron chi connectivity index (χ4n) is 4.58.